The van der Waals surface area contributed by atoms with Gasteiger partial charge in [-0.15, -0.1) is 0 Å². The fourth-order valence-corrected chi connectivity index (χ4v) is 3.81. The van der Waals surface area contributed by atoms with Crippen molar-refractivity contribution in [3.63, 3.8) is 0 Å². The van der Waals surface area contributed by atoms with E-state index in [2.05, 4.69) is 0 Å². The zero-order valence-corrected chi connectivity index (χ0v) is 16.2. The molecule has 0 aromatic heterocycles. The number of aryl methyl sites for hydroxylation is 1. The summed E-state index contributed by atoms with van der Waals surface area (Å²) in [5, 5.41) is -0.906. The van der Waals surface area contributed by atoms with Crippen molar-refractivity contribution in [2.75, 3.05) is 19.1 Å². The van der Waals surface area contributed by atoms with Gasteiger partial charge in [0.05, 0.1) is 19.2 Å². The van der Waals surface area contributed by atoms with Crippen LogP contribution in [0.1, 0.15) is 21.5 Å². The SMILES string of the molecule is COC(=O)c1cccc(CN2C(=O)SC(N(C)c3ccc(C)cc3)C2=O)c1. The summed E-state index contributed by atoms with van der Waals surface area (Å²) in [4.78, 5) is 39.9. The molecule has 1 aliphatic rings. The zero-order chi connectivity index (χ0) is 19.6. The van der Waals surface area contributed by atoms with Crippen LogP contribution < -0.4 is 4.90 Å². The smallest absolute Gasteiger partial charge is 0.337 e. The molecule has 2 aromatic rings. The van der Waals surface area contributed by atoms with E-state index in [0.717, 1.165) is 23.0 Å². The number of benzene rings is 2. The summed E-state index contributed by atoms with van der Waals surface area (Å²) in [5.74, 6) is -0.723. The molecule has 0 radical (unpaired) electrons. The predicted molar refractivity (Wildman–Crippen MR) is 105 cm³/mol. The molecule has 0 N–H and O–H groups in total. The molecule has 0 aliphatic carbocycles. The van der Waals surface area contributed by atoms with Crippen molar-refractivity contribution in [3.8, 4) is 0 Å². The quantitative estimate of drug-likeness (QED) is 0.736. The first kappa shape index (κ1) is 19.0. The minimum absolute atomic E-state index is 0.119. The van der Waals surface area contributed by atoms with Crippen LogP contribution in [0.2, 0.25) is 0 Å². The Bertz CT molecular complexity index is 882. The van der Waals surface area contributed by atoms with Gasteiger partial charge in [-0.1, -0.05) is 29.8 Å². The molecule has 140 valence electrons. The Morgan fingerprint density at radius 3 is 2.56 bits per heavy atom. The number of hydrogen-bond donors (Lipinski definition) is 0. The van der Waals surface area contributed by atoms with Gasteiger partial charge in [0.2, 0.25) is 0 Å². The van der Waals surface area contributed by atoms with Crippen LogP contribution in [0.25, 0.3) is 0 Å². The number of likely N-dealkylation sites (N-methyl/N-ethyl adjacent to an activating group) is 1. The molecule has 1 saturated heterocycles. The number of imide groups is 1. The maximum atomic E-state index is 12.8. The molecule has 3 rings (SSSR count). The number of carbonyl (C=O) groups is 3. The molecule has 27 heavy (non-hydrogen) atoms. The van der Waals surface area contributed by atoms with E-state index in [-0.39, 0.29) is 17.7 Å². The second-order valence-electron chi connectivity index (χ2n) is 6.30. The predicted octanol–water partition coefficient (Wildman–Crippen LogP) is 3.44. The van der Waals surface area contributed by atoms with E-state index in [1.807, 2.05) is 31.2 Å². The molecule has 2 aromatic carbocycles. The minimum atomic E-state index is -0.607. The Morgan fingerprint density at radius 1 is 1.19 bits per heavy atom. The highest BCUT2D eigenvalue weighted by atomic mass is 32.2. The summed E-state index contributed by atoms with van der Waals surface area (Å²) < 4.78 is 4.71. The van der Waals surface area contributed by atoms with Gasteiger partial charge in [-0.25, -0.2) is 4.79 Å². The second kappa shape index (κ2) is 7.84. The number of thioether (sulfide) groups is 1. The molecular formula is C20H20N2O4S. The largest absolute Gasteiger partial charge is 0.465 e. The summed E-state index contributed by atoms with van der Waals surface area (Å²) >= 11 is 0.995. The molecule has 1 heterocycles. The lowest BCUT2D eigenvalue weighted by Crippen LogP contribution is -2.39. The number of nitrogens with zero attached hydrogens (tertiary/aromatic N) is 2. The second-order valence-corrected chi connectivity index (χ2v) is 7.33. The zero-order valence-electron chi connectivity index (χ0n) is 15.3. The number of methoxy groups -OCH3 is 1. The van der Waals surface area contributed by atoms with Crippen LogP contribution in [0.3, 0.4) is 0 Å². The van der Waals surface area contributed by atoms with Gasteiger partial charge in [0, 0.05) is 12.7 Å². The molecular weight excluding hydrogens is 364 g/mol. The fraction of sp³-hybridized carbons (Fsp3) is 0.250. The number of carbonyl (C=O) groups excluding carboxylic acids is 3. The van der Waals surface area contributed by atoms with Crippen molar-refractivity contribution >= 4 is 34.6 Å². The van der Waals surface area contributed by atoms with E-state index in [1.54, 1.807) is 36.2 Å². The van der Waals surface area contributed by atoms with Gasteiger partial charge in [-0.05, 0) is 48.5 Å². The number of amides is 2. The number of esters is 1. The first-order valence-electron chi connectivity index (χ1n) is 8.39. The Morgan fingerprint density at radius 2 is 1.89 bits per heavy atom. The third-order valence-electron chi connectivity index (χ3n) is 4.39. The summed E-state index contributed by atoms with van der Waals surface area (Å²) in [6.45, 7) is 2.11. The minimum Gasteiger partial charge on any atom is -0.465 e. The lowest BCUT2D eigenvalue weighted by Gasteiger charge is -2.24. The summed E-state index contributed by atoms with van der Waals surface area (Å²) in [7, 11) is 3.11. The highest BCUT2D eigenvalue weighted by molar-refractivity contribution is 8.15. The first-order valence-corrected chi connectivity index (χ1v) is 9.27. The molecule has 1 aliphatic heterocycles. The molecule has 7 heteroatoms. The lowest BCUT2D eigenvalue weighted by atomic mass is 10.1. The Balaban J connectivity index is 1.76. The molecule has 2 amide bonds. The topological polar surface area (TPSA) is 66.9 Å². The summed E-state index contributed by atoms with van der Waals surface area (Å²) in [5.41, 5.74) is 3.07. The van der Waals surface area contributed by atoms with Crippen LogP contribution in [0.4, 0.5) is 10.5 Å². The number of hydrogen-bond acceptors (Lipinski definition) is 6. The Labute approximate surface area is 162 Å². The average molecular weight is 384 g/mol. The summed E-state index contributed by atoms with van der Waals surface area (Å²) in [6, 6.07) is 14.5. The van der Waals surface area contributed by atoms with Gasteiger partial charge >= 0.3 is 5.97 Å². The van der Waals surface area contributed by atoms with Gasteiger partial charge in [0.25, 0.3) is 11.1 Å². The van der Waals surface area contributed by atoms with Crippen molar-refractivity contribution in [1.29, 1.82) is 0 Å². The van der Waals surface area contributed by atoms with Crippen molar-refractivity contribution in [2.45, 2.75) is 18.8 Å². The van der Waals surface area contributed by atoms with Gasteiger partial charge in [0.15, 0.2) is 5.37 Å². The van der Waals surface area contributed by atoms with Crippen LogP contribution in [-0.4, -0.2) is 41.5 Å². The molecule has 0 spiro atoms. The Kier molecular flexibility index (Phi) is 5.51. The van der Waals surface area contributed by atoms with Crippen molar-refractivity contribution < 1.29 is 19.1 Å². The molecule has 1 fully saturated rings. The molecule has 0 saturated carbocycles. The van der Waals surface area contributed by atoms with Crippen LogP contribution in [0, 0.1) is 6.92 Å². The summed E-state index contributed by atoms with van der Waals surface area (Å²) in [6.07, 6.45) is 0. The third kappa shape index (κ3) is 3.98. The van der Waals surface area contributed by atoms with Crippen molar-refractivity contribution in [3.05, 3.63) is 65.2 Å². The van der Waals surface area contributed by atoms with E-state index < -0.39 is 11.3 Å². The van der Waals surface area contributed by atoms with E-state index in [0.29, 0.717) is 11.1 Å². The average Bonchev–Trinajstić information content (AvgIpc) is 2.96. The van der Waals surface area contributed by atoms with Gasteiger partial charge in [-0.2, -0.15) is 0 Å². The molecule has 1 unspecified atom stereocenters. The molecule has 1 atom stereocenters. The number of anilines is 1. The van der Waals surface area contributed by atoms with Gasteiger partial charge in [0.1, 0.15) is 0 Å². The van der Waals surface area contributed by atoms with Crippen LogP contribution in [-0.2, 0) is 16.1 Å². The maximum absolute atomic E-state index is 12.8. The van der Waals surface area contributed by atoms with Crippen LogP contribution in [0.5, 0.6) is 0 Å². The van der Waals surface area contributed by atoms with Gasteiger partial charge < -0.3 is 9.64 Å². The maximum Gasteiger partial charge on any atom is 0.337 e. The van der Waals surface area contributed by atoms with E-state index in [4.69, 9.17) is 4.74 Å². The van der Waals surface area contributed by atoms with E-state index in [9.17, 15) is 14.4 Å². The van der Waals surface area contributed by atoms with Crippen LogP contribution >= 0.6 is 11.8 Å². The number of rotatable bonds is 5. The third-order valence-corrected chi connectivity index (χ3v) is 5.56. The van der Waals surface area contributed by atoms with Crippen LogP contribution in [0.15, 0.2) is 48.5 Å². The fourth-order valence-electron chi connectivity index (χ4n) is 2.83. The highest BCUT2D eigenvalue weighted by Crippen LogP contribution is 2.33. The van der Waals surface area contributed by atoms with E-state index in [1.165, 1.54) is 12.0 Å². The normalized spacial score (nSPS) is 16.6. The van der Waals surface area contributed by atoms with E-state index >= 15 is 0 Å². The first-order chi connectivity index (χ1) is 12.9. The van der Waals surface area contributed by atoms with Crippen molar-refractivity contribution in [1.82, 2.24) is 4.90 Å². The standard InChI is InChI=1S/C20H20N2O4S/c1-13-7-9-16(10-8-13)21(2)18-17(23)22(20(25)27-18)12-14-5-4-6-15(11-14)19(24)26-3/h4-11,18H,12H2,1-3H3. The molecule has 0 bridgehead atoms. The van der Waals surface area contributed by atoms with Crippen molar-refractivity contribution in [2.24, 2.45) is 0 Å². The Hall–Kier alpha value is -2.80. The molecule has 6 nitrogen and oxygen atoms in total. The number of ether oxygens (including phenoxy) is 1. The lowest BCUT2D eigenvalue weighted by molar-refractivity contribution is -0.127. The monoisotopic (exact) mass is 384 g/mol. The highest BCUT2D eigenvalue weighted by Gasteiger charge is 2.42. The van der Waals surface area contributed by atoms with Gasteiger partial charge in [-0.3, -0.25) is 14.5 Å².